The molecule has 0 aliphatic carbocycles. The fourth-order valence-corrected chi connectivity index (χ4v) is 6.99. The first kappa shape index (κ1) is 28.4. The van der Waals surface area contributed by atoms with Crippen molar-refractivity contribution in [3.8, 4) is 0 Å². The molecular formula is C23H39N3O8SSi. The van der Waals surface area contributed by atoms with Crippen molar-refractivity contribution in [1.29, 1.82) is 0 Å². The lowest BCUT2D eigenvalue weighted by Crippen LogP contribution is -2.62. The lowest BCUT2D eigenvalue weighted by Gasteiger charge is -2.41. The second-order valence-corrected chi connectivity index (χ2v) is 18.7. The van der Waals surface area contributed by atoms with Crippen molar-refractivity contribution in [2.75, 3.05) is 25.4 Å². The summed E-state index contributed by atoms with van der Waals surface area (Å²) in [5, 5.41) is 11.7. The van der Waals surface area contributed by atoms with E-state index in [2.05, 4.69) is 25.0 Å². The van der Waals surface area contributed by atoms with E-state index in [4.69, 9.17) is 19.3 Å². The van der Waals surface area contributed by atoms with E-state index in [0.29, 0.717) is 44.7 Å². The maximum atomic E-state index is 13.8. The maximum Gasteiger partial charge on any atom is 0.507 e. The summed E-state index contributed by atoms with van der Waals surface area (Å²) < 4.78 is 15.9. The Morgan fingerprint density at radius 2 is 1.83 bits per heavy atom. The van der Waals surface area contributed by atoms with Gasteiger partial charge in [0.1, 0.15) is 11.1 Å². The minimum atomic E-state index is -1.45. The summed E-state index contributed by atoms with van der Waals surface area (Å²) in [6, 6.07) is 0.890. The molecular weight excluding hydrogens is 506 g/mol. The van der Waals surface area contributed by atoms with Crippen molar-refractivity contribution in [3.63, 3.8) is 0 Å². The predicted octanol–water partition coefficient (Wildman–Crippen LogP) is 3.76. The molecule has 3 rings (SSSR count). The smallest absolute Gasteiger partial charge is 0.450 e. The van der Waals surface area contributed by atoms with Gasteiger partial charge in [-0.2, -0.15) is 0 Å². The average molecular weight is 546 g/mol. The number of likely N-dealkylation sites (tertiary alicyclic amines) is 1. The SMILES string of the molecule is CC(C)(C)OC(=O)N[C@]1(C2CCN(C(=O)OCC[Si](C)(C)C)CC2)C[C@@H]2SC[C@@H](OC(=O)O)N2C1=O. The van der Waals surface area contributed by atoms with Crippen molar-refractivity contribution in [2.45, 2.75) is 88.5 Å². The highest BCUT2D eigenvalue weighted by atomic mass is 32.2. The zero-order chi connectivity index (χ0) is 26.9. The Morgan fingerprint density at radius 1 is 1.19 bits per heavy atom. The molecule has 3 saturated heterocycles. The van der Waals surface area contributed by atoms with Crippen LogP contribution in [0.1, 0.15) is 40.0 Å². The Labute approximate surface area is 217 Å². The number of nitrogens with one attached hydrogen (secondary N) is 1. The van der Waals surface area contributed by atoms with E-state index >= 15 is 0 Å². The second kappa shape index (κ2) is 10.7. The molecule has 0 aromatic rings. The van der Waals surface area contributed by atoms with E-state index in [-0.39, 0.29) is 23.3 Å². The molecule has 3 aliphatic rings. The normalized spacial score (nSPS) is 27.0. The molecule has 0 unspecified atom stereocenters. The molecule has 204 valence electrons. The number of hydrogen-bond acceptors (Lipinski definition) is 8. The Balaban J connectivity index is 1.73. The van der Waals surface area contributed by atoms with E-state index in [1.54, 1.807) is 25.7 Å². The van der Waals surface area contributed by atoms with Crippen molar-refractivity contribution in [1.82, 2.24) is 15.1 Å². The standard InChI is InChI=1S/C23H39N3O8SSi/c1-22(2,3)34-19(28)24-23(13-17-26(18(23)27)16(14-35-17)33-21(30)31)15-7-9-25(10-8-15)20(29)32-11-12-36(4,5)6/h15-17H,7-14H2,1-6H3,(H,24,28)(H,30,31)/t16-,17+,23+/m1/s1. The van der Waals surface area contributed by atoms with Crippen LogP contribution in [0.5, 0.6) is 0 Å². The van der Waals surface area contributed by atoms with Crippen LogP contribution in [0.4, 0.5) is 14.4 Å². The molecule has 0 aromatic carbocycles. The zero-order valence-electron chi connectivity index (χ0n) is 22.0. The van der Waals surface area contributed by atoms with E-state index in [1.807, 2.05) is 0 Å². The monoisotopic (exact) mass is 545 g/mol. The van der Waals surface area contributed by atoms with E-state index in [1.165, 1.54) is 16.7 Å². The quantitative estimate of drug-likeness (QED) is 0.290. The molecule has 11 nitrogen and oxygen atoms in total. The molecule has 3 fully saturated rings. The van der Waals surface area contributed by atoms with Gasteiger partial charge in [0, 0.05) is 27.6 Å². The van der Waals surface area contributed by atoms with Crippen LogP contribution in [-0.4, -0.2) is 95.4 Å². The number of thioether (sulfide) groups is 1. The first-order chi connectivity index (χ1) is 16.6. The molecule has 3 amide bonds. The third kappa shape index (κ3) is 6.78. The van der Waals surface area contributed by atoms with Crippen molar-refractivity contribution < 1.29 is 38.5 Å². The molecule has 2 N–H and O–H groups in total. The van der Waals surface area contributed by atoms with Crippen LogP contribution in [0.3, 0.4) is 0 Å². The molecule has 13 heteroatoms. The molecule has 0 bridgehead atoms. The van der Waals surface area contributed by atoms with E-state index < -0.39 is 37.7 Å². The van der Waals surface area contributed by atoms with Crippen LogP contribution in [-0.2, 0) is 19.0 Å². The van der Waals surface area contributed by atoms with Crippen LogP contribution in [0.25, 0.3) is 0 Å². The molecule has 0 saturated carbocycles. The van der Waals surface area contributed by atoms with Gasteiger partial charge in [0.25, 0.3) is 5.91 Å². The summed E-state index contributed by atoms with van der Waals surface area (Å²) in [6.07, 6.45) is -2.14. The number of fused-ring (bicyclic) bond motifs is 1. The van der Waals surface area contributed by atoms with Crippen LogP contribution < -0.4 is 5.32 Å². The minimum absolute atomic E-state index is 0.264. The van der Waals surface area contributed by atoms with Crippen LogP contribution >= 0.6 is 11.8 Å². The minimum Gasteiger partial charge on any atom is -0.450 e. The molecule has 0 radical (unpaired) electrons. The van der Waals surface area contributed by atoms with Crippen molar-refractivity contribution >= 4 is 44.1 Å². The summed E-state index contributed by atoms with van der Waals surface area (Å²) in [5.74, 6) is -0.293. The van der Waals surface area contributed by atoms with E-state index in [9.17, 15) is 19.2 Å². The highest BCUT2D eigenvalue weighted by Crippen LogP contribution is 2.47. The molecule has 36 heavy (non-hydrogen) atoms. The number of carboxylic acid groups (broad SMARTS) is 1. The molecule has 3 heterocycles. The lowest BCUT2D eigenvalue weighted by molar-refractivity contribution is -0.143. The topological polar surface area (TPSA) is 135 Å². The summed E-state index contributed by atoms with van der Waals surface area (Å²) in [6.45, 7) is 13.1. The summed E-state index contributed by atoms with van der Waals surface area (Å²) in [4.78, 5) is 53.5. The summed E-state index contributed by atoms with van der Waals surface area (Å²) >= 11 is 1.43. The van der Waals surface area contributed by atoms with Gasteiger partial charge < -0.3 is 29.5 Å². The first-order valence-electron chi connectivity index (χ1n) is 12.4. The molecule has 0 aromatic heterocycles. The fourth-order valence-electron chi connectivity index (χ4n) is 4.88. The second-order valence-electron chi connectivity index (χ2n) is 11.8. The van der Waals surface area contributed by atoms with Gasteiger partial charge in [0.15, 0.2) is 6.23 Å². The number of carbonyl (C=O) groups is 4. The Bertz CT molecular complexity index is 868. The Morgan fingerprint density at radius 3 is 2.39 bits per heavy atom. The molecule has 3 atom stereocenters. The van der Waals surface area contributed by atoms with Gasteiger partial charge in [-0.1, -0.05) is 19.6 Å². The number of amides is 3. The van der Waals surface area contributed by atoms with Crippen LogP contribution in [0, 0.1) is 5.92 Å². The third-order valence-electron chi connectivity index (χ3n) is 6.65. The number of carbonyl (C=O) groups excluding carboxylic acids is 3. The summed E-state index contributed by atoms with van der Waals surface area (Å²) in [5.41, 5.74) is -2.02. The maximum absolute atomic E-state index is 13.8. The van der Waals surface area contributed by atoms with Gasteiger partial charge in [-0.25, -0.2) is 14.4 Å². The van der Waals surface area contributed by atoms with Crippen molar-refractivity contribution in [2.24, 2.45) is 5.92 Å². The van der Waals surface area contributed by atoms with Crippen molar-refractivity contribution in [3.05, 3.63) is 0 Å². The largest absolute Gasteiger partial charge is 0.507 e. The van der Waals surface area contributed by atoms with Crippen LogP contribution in [0.15, 0.2) is 0 Å². The lowest BCUT2D eigenvalue weighted by atomic mass is 9.76. The number of rotatable bonds is 6. The summed E-state index contributed by atoms with van der Waals surface area (Å²) in [7, 11) is -1.32. The molecule has 3 aliphatic heterocycles. The highest BCUT2D eigenvalue weighted by molar-refractivity contribution is 8.00. The predicted molar refractivity (Wildman–Crippen MR) is 137 cm³/mol. The number of piperidine rings is 1. The zero-order valence-corrected chi connectivity index (χ0v) is 23.8. The average Bonchev–Trinajstić information content (AvgIpc) is 3.23. The molecule has 0 spiro atoms. The highest BCUT2D eigenvalue weighted by Gasteiger charge is 2.61. The van der Waals surface area contributed by atoms with E-state index in [0.717, 1.165) is 6.04 Å². The van der Waals surface area contributed by atoms with Gasteiger partial charge in [0.2, 0.25) is 0 Å². The van der Waals surface area contributed by atoms with Gasteiger partial charge in [-0.05, 0) is 45.6 Å². The fraction of sp³-hybridized carbons (Fsp3) is 0.826. The van der Waals surface area contributed by atoms with Gasteiger partial charge in [0.05, 0.1) is 17.7 Å². The first-order valence-corrected chi connectivity index (χ1v) is 17.1. The van der Waals surface area contributed by atoms with Crippen LogP contribution in [0.2, 0.25) is 25.7 Å². The Kier molecular flexibility index (Phi) is 8.43. The van der Waals surface area contributed by atoms with Gasteiger partial charge >= 0.3 is 18.3 Å². The van der Waals surface area contributed by atoms with Gasteiger partial charge in [-0.15, -0.1) is 11.8 Å². The number of hydrogen-bond donors (Lipinski definition) is 2. The third-order valence-corrected chi connectivity index (χ3v) is 9.61. The number of nitrogens with zero attached hydrogens (tertiary/aromatic N) is 2. The number of alkyl carbamates (subject to hydrolysis) is 1. The number of ether oxygens (including phenoxy) is 3. The van der Waals surface area contributed by atoms with Gasteiger partial charge in [-0.3, -0.25) is 9.69 Å². The Hall–Kier alpha value is -2.15.